The smallest absolute Gasteiger partial charge is 0.227 e. The van der Waals surface area contributed by atoms with Gasteiger partial charge in [0.25, 0.3) is 0 Å². The lowest BCUT2D eigenvalue weighted by Crippen LogP contribution is -2.31. The van der Waals surface area contributed by atoms with E-state index in [0.717, 1.165) is 43.4 Å². The second-order valence-electron chi connectivity index (χ2n) is 5.59. The van der Waals surface area contributed by atoms with Crippen molar-refractivity contribution in [2.75, 3.05) is 29.9 Å². The molecule has 1 aromatic heterocycles. The Morgan fingerprint density at radius 3 is 2.59 bits per heavy atom. The molecule has 1 N–H and O–H groups in total. The lowest BCUT2D eigenvalue weighted by Gasteiger charge is -2.26. The van der Waals surface area contributed by atoms with Gasteiger partial charge >= 0.3 is 0 Å². The van der Waals surface area contributed by atoms with E-state index in [4.69, 9.17) is 0 Å². The van der Waals surface area contributed by atoms with Crippen molar-refractivity contribution in [2.45, 2.75) is 25.7 Å². The predicted octanol–water partition coefficient (Wildman–Crippen LogP) is 3.26. The quantitative estimate of drug-likeness (QED) is 0.920. The number of hydrogen-bond donors (Lipinski definition) is 1. The Hall–Kier alpha value is -2.17. The van der Waals surface area contributed by atoms with E-state index in [1.165, 1.54) is 31.4 Å². The van der Waals surface area contributed by atoms with Gasteiger partial charge in [-0.3, -0.25) is 0 Å². The van der Waals surface area contributed by atoms with Crippen LogP contribution in [0.25, 0.3) is 0 Å². The van der Waals surface area contributed by atoms with Crippen LogP contribution < -0.4 is 10.2 Å². The fourth-order valence-corrected chi connectivity index (χ4v) is 2.68. The van der Waals surface area contributed by atoms with Gasteiger partial charge in [-0.2, -0.15) is 4.98 Å². The Morgan fingerprint density at radius 2 is 1.82 bits per heavy atom. The molecule has 1 saturated heterocycles. The van der Waals surface area contributed by atoms with E-state index in [0.29, 0.717) is 0 Å². The molecule has 1 fully saturated rings. The summed E-state index contributed by atoms with van der Waals surface area (Å²) in [5, 5.41) is 3.32. The van der Waals surface area contributed by atoms with Crippen LogP contribution in [-0.2, 0) is 6.42 Å². The number of rotatable bonds is 5. The highest BCUT2D eigenvalue weighted by Gasteiger charge is 2.13. The molecular weight excluding hydrogens is 279 g/mol. The summed E-state index contributed by atoms with van der Waals surface area (Å²) in [5.74, 6) is 1.46. The number of nitrogens with zero attached hydrogens (tertiary/aromatic N) is 3. The molecule has 0 unspecified atom stereocenters. The zero-order chi connectivity index (χ0) is 15.2. The van der Waals surface area contributed by atoms with Crippen molar-refractivity contribution < 1.29 is 4.39 Å². The maximum atomic E-state index is 12.9. The summed E-state index contributed by atoms with van der Waals surface area (Å²) in [6.07, 6.45) is 6.36. The van der Waals surface area contributed by atoms with E-state index < -0.39 is 0 Å². The molecule has 0 radical (unpaired) electrons. The number of benzene rings is 1. The van der Waals surface area contributed by atoms with Gasteiger partial charge in [-0.05, 0) is 49.4 Å². The first kappa shape index (κ1) is 14.8. The molecule has 0 aliphatic carbocycles. The third kappa shape index (κ3) is 3.93. The number of aromatic nitrogens is 2. The minimum Gasteiger partial charge on any atom is -0.370 e. The third-order valence-corrected chi connectivity index (χ3v) is 3.91. The maximum absolute atomic E-state index is 12.9. The predicted molar refractivity (Wildman–Crippen MR) is 86.7 cm³/mol. The average Bonchev–Trinajstić information content (AvgIpc) is 2.58. The summed E-state index contributed by atoms with van der Waals surface area (Å²) < 4.78 is 12.9. The van der Waals surface area contributed by atoms with Gasteiger partial charge < -0.3 is 10.2 Å². The van der Waals surface area contributed by atoms with Gasteiger partial charge in [0.05, 0.1) is 0 Å². The topological polar surface area (TPSA) is 41.1 Å². The van der Waals surface area contributed by atoms with Crippen LogP contribution in [-0.4, -0.2) is 29.6 Å². The van der Waals surface area contributed by atoms with Crippen molar-refractivity contribution in [1.29, 1.82) is 0 Å². The van der Waals surface area contributed by atoms with Crippen LogP contribution in [0, 0.1) is 5.82 Å². The number of anilines is 2. The molecule has 0 atom stereocenters. The molecule has 0 saturated carbocycles. The van der Waals surface area contributed by atoms with Gasteiger partial charge in [0.1, 0.15) is 11.6 Å². The van der Waals surface area contributed by atoms with Crippen molar-refractivity contribution >= 4 is 11.8 Å². The third-order valence-electron chi connectivity index (χ3n) is 3.91. The average molecular weight is 300 g/mol. The minimum atomic E-state index is -0.196. The molecule has 2 heterocycles. The Labute approximate surface area is 130 Å². The summed E-state index contributed by atoms with van der Waals surface area (Å²) in [5.41, 5.74) is 1.11. The number of hydrogen-bond acceptors (Lipinski definition) is 4. The van der Waals surface area contributed by atoms with Crippen molar-refractivity contribution in [3.8, 4) is 0 Å². The van der Waals surface area contributed by atoms with Crippen LogP contribution in [0.3, 0.4) is 0 Å². The molecular formula is C17H21FN4. The highest BCUT2D eigenvalue weighted by molar-refractivity contribution is 5.41. The van der Waals surface area contributed by atoms with Crippen LogP contribution in [0.4, 0.5) is 16.2 Å². The first-order valence-electron chi connectivity index (χ1n) is 7.87. The van der Waals surface area contributed by atoms with Crippen molar-refractivity contribution in [1.82, 2.24) is 9.97 Å². The summed E-state index contributed by atoms with van der Waals surface area (Å²) in [4.78, 5) is 11.2. The first-order chi connectivity index (χ1) is 10.8. The molecule has 3 rings (SSSR count). The zero-order valence-corrected chi connectivity index (χ0v) is 12.6. The Bertz CT molecular complexity index is 594. The van der Waals surface area contributed by atoms with Gasteiger partial charge in [0, 0.05) is 25.8 Å². The number of halogens is 1. The molecule has 0 amide bonds. The van der Waals surface area contributed by atoms with Crippen molar-refractivity contribution in [2.24, 2.45) is 0 Å². The molecule has 1 aliphatic rings. The fourth-order valence-electron chi connectivity index (χ4n) is 2.68. The number of nitrogens with one attached hydrogen (secondary N) is 1. The van der Waals surface area contributed by atoms with Gasteiger partial charge in [-0.1, -0.05) is 12.1 Å². The highest BCUT2D eigenvalue weighted by Crippen LogP contribution is 2.16. The zero-order valence-electron chi connectivity index (χ0n) is 12.6. The fraction of sp³-hybridized carbons (Fsp3) is 0.412. The van der Waals surface area contributed by atoms with Crippen LogP contribution in [0.5, 0.6) is 0 Å². The lowest BCUT2D eigenvalue weighted by molar-refractivity contribution is 0.568. The van der Waals surface area contributed by atoms with Gasteiger partial charge in [0.15, 0.2) is 0 Å². The molecule has 0 spiro atoms. The summed E-state index contributed by atoms with van der Waals surface area (Å²) in [7, 11) is 0. The molecule has 2 aromatic rings. The van der Waals surface area contributed by atoms with Crippen LogP contribution in [0.15, 0.2) is 36.5 Å². The minimum absolute atomic E-state index is 0.196. The molecule has 22 heavy (non-hydrogen) atoms. The van der Waals surface area contributed by atoms with E-state index >= 15 is 0 Å². The van der Waals surface area contributed by atoms with E-state index in [1.807, 2.05) is 18.2 Å². The standard InChI is InChI=1S/C17H21FN4/c18-15-6-4-14(5-7-15)8-10-19-16-9-11-20-17(21-16)22-12-2-1-3-13-22/h4-7,9,11H,1-3,8,10,12-13H2,(H,19,20,21). The van der Waals surface area contributed by atoms with E-state index in [2.05, 4.69) is 20.2 Å². The molecule has 116 valence electrons. The van der Waals surface area contributed by atoms with E-state index in [-0.39, 0.29) is 5.82 Å². The molecule has 5 heteroatoms. The van der Waals surface area contributed by atoms with Crippen LogP contribution >= 0.6 is 0 Å². The van der Waals surface area contributed by atoms with Crippen LogP contribution in [0.2, 0.25) is 0 Å². The van der Waals surface area contributed by atoms with Crippen molar-refractivity contribution in [3.63, 3.8) is 0 Å². The normalized spacial score (nSPS) is 14.9. The highest BCUT2D eigenvalue weighted by atomic mass is 19.1. The van der Waals surface area contributed by atoms with Gasteiger partial charge in [-0.25, -0.2) is 9.37 Å². The maximum Gasteiger partial charge on any atom is 0.227 e. The second-order valence-corrected chi connectivity index (χ2v) is 5.59. The van der Waals surface area contributed by atoms with Crippen molar-refractivity contribution in [3.05, 3.63) is 47.9 Å². The molecule has 0 bridgehead atoms. The summed E-state index contributed by atoms with van der Waals surface area (Å²) >= 11 is 0. The molecule has 1 aromatic carbocycles. The van der Waals surface area contributed by atoms with E-state index in [1.54, 1.807) is 6.20 Å². The Morgan fingerprint density at radius 1 is 1.05 bits per heavy atom. The molecule has 4 nitrogen and oxygen atoms in total. The first-order valence-corrected chi connectivity index (χ1v) is 7.87. The SMILES string of the molecule is Fc1ccc(CCNc2ccnc(N3CCCCC3)n2)cc1. The summed E-state index contributed by atoms with van der Waals surface area (Å²) in [6, 6.07) is 8.51. The van der Waals surface area contributed by atoms with Gasteiger partial charge in [-0.15, -0.1) is 0 Å². The largest absolute Gasteiger partial charge is 0.370 e. The monoisotopic (exact) mass is 300 g/mol. The second kappa shape index (κ2) is 7.20. The Balaban J connectivity index is 1.55. The summed E-state index contributed by atoms with van der Waals surface area (Å²) in [6.45, 7) is 2.85. The lowest BCUT2D eigenvalue weighted by atomic mass is 10.1. The Kier molecular flexibility index (Phi) is 4.83. The van der Waals surface area contributed by atoms with Gasteiger partial charge in [0.2, 0.25) is 5.95 Å². The molecule has 1 aliphatic heterocycles. The number of piperidine rings is 1. The van der Waals surface area contributed by atoms with E-state index in [9.17, 15) is 4.39 Å². The van der Waals surface area contributed by atoms with Crippen LogP contribution in [0.1, 0.15) is 24.8 Å².